The first-order valence-corrected chi connectivity index (χ1v) is 37.6. The molecule has 618 valence electrons. The van der Waals surface area contributed by atoms with Crippen molar-refractivity contribution in [3.05, 3.63) is 156 Å². The van der Waals surface area contributed by atoms with E-state index in [1.807, 2.05) is 203 Å². The van der Waals surface area contributed by atoms with Crippen molar-refractivity contribution in [2.24, 2.45) is 70.8 Å². The van der Waals surface area contributed by atoms with E-state index < -0.39 is 59.7 Å². The quantitative estimate of drug-likeness (QED) is 0.0106. The molecule has 110 heavy (non-hydrogen) atoms. The number of benzene rings is 5. The summed E-state index contributed by atoms with van der Waals surface area (Å²) >= 11 is 0. The Labute approximate surface area is 695 Å². The zero-order valence-corrected chi connectivity index (χ0v) is 73.3. The Hall–Kier alpha value is -7.58. The number of aliphatic carboxylic acids is 10. The van der Waals surface area contributed by atoms with Gasteiger partial charge in [-0.25, -0.2) is 0 Å². The maximum atomic E-state index is 10.8. The van der Waals surface area contributed by atoms with Crippen LogP contribution in [0.1, 0.15) is 230 Å². The fourth-order valence-corrected chi connectivity index (χ4v) is 8.85. The summed E-state index contributed by atoms with van der Waals surface area (Å²) in [5, 5.41) is 86.8. The first-order chi connectivity index (χ1) is 50.5. The Bertz CT molecular complexity index is 3100. The molecule has 0 bridgehead atoms. The number of carboxylic acids is 10. The van der Waals surface area contributed by atoms with E-state index in [1.165, 1.54) is 0 Å². The summed E-state index contributed by atoms with van der Waals surface area (Å²) in [6.07, 6.45) is 13.5. The van der Waals surface area contributed by atoms with E-state index in [0.717, 1.165) is 116 Å². The molecule has 0 unspecified atom stereocenters. The number of hydrogen-bond acceptors (Lipinski definition) is 12. The number of nitrogens with two attached hydrogens (primary N) is 1. The Morgan fingerprint density at radius 2 is 0.682 bits per heavy atom. The molecule has 5 aromatic rings. The minimum Gasteiger partial charge on any atom is -1.00 e. The smallest absolute Gasteiger partial charge is 1.00 e. The van der Waals surface area contributed by atoms with Crippen molar-refractivity contribution in [3.8, 4) is 0 Å². The molecule has 12 N–H and O–H groups in total. The summed E-state index contributed by atoms with van der Waals surface area (Å²) in [7, 11) is 0. The van der Waals surface area contributed by atoms with Crippen LogP contribution in [-0.4, -0.2) is 123 Å². The largest absolute Gasteiger partial charge is 1.00 e. The van der Waals surface area contributed by atoms with Gasteiger partial charge in [0.25, 0.3) is 0 Å². The van der Waals surface area contributed by atoms with Crippen LogP contribution in [0.3, 0.4) is 0 Å². The molecule has 5 aromatic carbocycles. The number of unbranched alkanes of at least 4 members (excludes halogenated alkanes) is 1. The Kier molecular flexibility index (Phi) is 81.1. The number of aldehydes is 1. The minimum atomic E-state index is -0.743. The van der Waals surface area contributed by atoms with Crippen LogP contribution < -0.4 is 59.3 Å². The summed E-state index contributed by atoms with van der Waals surface area (Å²) in [6.45, 7) is 33.6. The summed E-state index contributed by atoms with van der Waals surface area (Å²) in [6, 6.07) is 42.8. The SMILES string of the molecule is CC(C)C(=O)O.CCCC(=O)O.CCCC[C@H](CC)C(=O)O.CCC[C@H](C)C(=O)O.CC[C@@H](C)C(=O)O.CC[C@@H](CC(C)C)C(=O)O.CC[C@H](CC(C)C)C(=O)O.C[C@@H](Cc1ccccc1)C(=O)O.C[C@H](Cc1cccc2ccccc12)C(=O)O.C[C@H](Cc1ccccc1)C(=O)O.N[C@H](C=O)Cc1ccccc1.[I-].[Na+]. The van der Waals surface area contributed by atoms with Crippen LogP contribution in [0, 0.1) is 65.1 Å². The van der Waals surface area contributed by atoms with Gasteiger partial charge in [0.2, 0.25) is 0 Å². The summed E-state index contributed by atoms with van der Waals surface area (Å²) in [5.74, 6) is -7.95. The van der Waals surface area contributed by atoms with Gasteiger partial charge >= 0.3 is 89.3 Å². The number of carboxylic acid groups (broad SMARTS) is 10. The van der Waals surface area contributed by atoms with Crippen LogP contribution in [0.15, 0.2) is 133 Å². The topological polar surface area (TPSA) is 416 Å². The monoisotopic (exact) mass is 1670 g/mol. The molecule has 0 amide bonds. The van der Waals surface area contributed by atoms with Crippen LogP contribution in [-0.2, 0) is 78.4 Å². The number of halogens is 1. The molecule has 0 aliphatic heterocycles. The minimum absolute atomic E-state index is 0. The third-order valence-corrected chi connectivity index (χ3v) is 16.0. The second kappa shape index (κ2) is 75.5. The van der Waals surface area contributed by atoms with E-state index in [1.54, 1.807) is 48.5 Å². The molecular formula is C86H135INNaO21. The molecule has 5 rings (SSSR count). The van der Waals surface area contributed by atoms with Gasteiger partial charge in [0.05, 0.1) is 59.3 Å². The molecule has 0 radical (unpaired) electrons. The van der Waals surface area contributed by atoms with Gasteiger partial charge in [-0.1, -0.05) is 277 Å². The van der Waals surface area contributed by atoms with Gasteiger partial charge in [-0.2, -0.15) is 0 Å². The first-order valence-electron chi connectivity index (χ1n) is 37.6. The summed E-state index contributed by atoms with van der Waals surface area (Å²) < 4.78 is 0. The number of carbonyl (C=O) groups is 11. The molecule has 24 heteroatoms. The standard InChI is InChI=1S/C14H14O2.2C10H12O2.C9H11NO.3C8H16O2.C6H12O2.C5H10O2.2C4H8O2.HI.Na/c1-10(14(15)16)9-12-7-4-6-11-5-2-3-8-13(11)12;2*1-8(10(11)12)7-9-5-3-2-4-6-9;10-9(7-11)6-8-4-2-1-3-5-8;2*1-4-7(8(9)10)5-6(2)3;1-3-5-6-7(4-2)8(9)10;1-3-4-5(2)6(7)8;1-3-4(2)5(6)7;1-3(2)4(5)6;1-2-3-4(5)6;;/h2-8,10H,9H2,1H3,(H,15,16);2*2-6,8H,7H2,1H3,(H,11,12);1-5,7,9H,6,10H2;2*6-7H,4-5H2,1-3H3,(H,9,10);7H,3-6H2,1-2H3,(H,9,10);5H,3-4H2,1-2H3,(H,7,8);4H,3H2,1-2H3,(H,6,7);3H,1-2H3,(H,5,6);2-3H2,1H3,(H,5,6);1H;/q;;;;;;;;;;;;+1/p-1/t10-;2*8-;9-;3*7-;5-;4-;;;;/m110010001..../s1. The Morgan fingerprint density at radius 1 is 0.355 bits per heavy atom. The van der Waals surface area contributed by atoms with Crippen LogP contribution in [0.2, 0.25) is 0 Å². The summed E-state index contributed by atoms with van der Waals surface area (Å²) in [5.41, 5.74) is 9.80. The molecule has 0 spiro atoms. The molecule has 22 nitrogen and oxygen atoms in total. The average molecular weight is 1670 g/mol. The molecule has 0 saturated heterocycles. The van der Waals surface area contributed by atoms with Crippen molar-refractivity contribution in [2.75, 3.05) is 0 Å². The fraction of sp³-hybridized carbons (Fsp3) is 0.547. The number of fused-ring (bicyclic) bond motifs is 1. The van der Waals surface area contributed by atoms with Crippen LogP contribution in [0.5, 0.6) is 0 Å². The predicted molar refractivity (Wildman–Crippen MR) is 429 cm³/mol. The van der Waals surface area contributed by atoms with E-state index in [0.29, 0.717) is 43.9 Å². The maximum absolute atomic E-state index is 10.8. The zero-order valence-electron chi connectivity index (χ0n) is 69.1. The van der Waals surface area contributed by atoms with E-state index in [-0.39, 0.29) is 113 Å². The van der Waals surface area contributed by atoms with Gasteiger partial charge in [0.15, 0.2) is 0 Å². The normalized spacial score (nSPS) is 12.2. The molecule has 0 aliphatic rings. The van der Waals surface area contributed by atoms with Gasteiger partial charge in [-0.05, 0) is 128 Å². The number of rotatable bonds is 33. The zero-order chi connectivity index (χ0) is 84.5. The molecular weight excluding hydrogens is 1530 g/mol. The molecule has 9 atom stereocenters. The van der Waals surface area contributed by atoms with Crippen molar-refractivity contribution in [2.45, 2.75) is 240 Å². The molecule has 0 aliphatic carbocycles. The second-order valence-corrected chi connectivity index (χ2v) is 27.5. The van der Waals surface area contributed by atoms with Gasteiger partial charge in [-0.15, -0.1) is 0 Å². The van der Waals surface area contributed by atoms with E-state index in [4.69, 9.17) is 56.8 Å². The Morgan fingerprint density at radius 3 is 0.918 bits per heavy atom. The third kappa shape index (κ3) is 72.0. The van der Waals surface area contributed by atoms with E-state index in [9.17, 15) is 52.7 Å². The predicted octanol–water partition coefficient (Wildman–Crippen LogP) is 12.6. The van der Waals surface area contributed by atoms with Crippen molar-refractivity contribution in [1.82, 2.24) is 0 Å². The summed E-state index contributed by atoms with van der Waals surface area (Å²) in [4.78, 5) is 113. The molecule has 0 aromatic heterocycles. The van der Waals surface area contributed by atoms with Gasteiger partial charge in [0, 0.05) is 6.42 Å². The fourth-order valence-electron chi connectivity index (χ4n) is 8.85. The third-order valence-electron chi connectivity index (χ3n) is 16.0. The van der Waals surface area contributed by atoms with E-state index >= 15 is 0 Å². The first kappa shape index (κ1) is 118. The average Bonchev–Trinajstić information content (AvgIpc) is 0.827. The van der Waals surface area contributed by atoms with Gasteiger partial charge in [0.1, 0.15) is 6.29 Å². The van der Waals surface area contributed by atoms with Crippen molar-refractivity contribution in [3.63, 3.8) is 0 Å². The van der Waals surface area contributed by atoms with Crippen molar-refractivity contribution >= 4 is 76.8 Å². The van der Waals surface area contributed by atoms with E-state index in [2.05, 4.69) is 6.92 Å². The molecule has 0 heterocycles. The Balaban J connectivity index is -0.000000175. The van der Waals surface area contributed by atoms with Crippen LogP contribution in [0.4, 0.5) is 0 Å². The number of carbonyl (C=O) groups excluding carboxylic acids is 1. The van der Waals surface area contributed by atoms with Crippen LogP contribution in [0.25, 0.3) is 10.8 Å². The van der Waals surface area contributed by atoms with Crippen molar-refractivity contribution < 1.29 is 157 Å². The van der Waals surface area contributed by atoms with Gasteiger partial charge < -0.3 is 85.6 Å². The maximum Gasteiger partial charge on any atom is 1.00 e. The molecule has 0 fully saturated rings. The number of hydrogen-bond donors (Lipinski definition) is 11. The molecule has 0 saturated carbocycles. The van der Waals surface area contributed by atoms with Gasteiger partial charge in [-0.3, -0.25) is 47.9 Å². The van der Waals surface area contributed by atoms with Crippen LogP contribution >= 0.6 is 0 Å². The van der Waals surface area contributed by atoms with Crippen molar-refractivity contribution in [1.29, 1.82) is 0 Å². The second-order valence-electron chi connectivity index (χ2n) is 27.5.